The summed E-state index contributed by atoms with van der Waals surface area (Å²) in [7, 11) is 0. The van der Waals surface area contributed by atoms with Crippen LogP contribution < -0.4 is 15.5 Å². The van der Waals surface area contributed by atoms with Crippen molar-refractivity contribution in [2.75, 3.05) is 43.0 Å². The van der Waals surface area contributed by atoms with Gasteiger partial charge in [-0.25, -0.2) is 19.6 Å². The summed E-state index contributed by atoms with van der Waals surface area (Å²) in [5.74, 6) is -1.06. The van der Waals surface area contributed by atoms with Crippen molar-refractivity contribution in [3.63, 3.8) is 0 Å². The molecule has 5 rings (SSSR count). The normalized spacial score (nSPS) is 20.5. The van der Waals surface area contributed by atoms with E-state index in [0.29, 0.717) is 17.6 Å². The Morgan fingerprint density at radius 2 is 1.80 bits per heavy atom. The first-order valence-electron chi connectivity index (χ1n) is 13.5. The maximum absolute atomic E-state index is 12.2. The van der Waals surface area contributed by atoms with E-state index in [2.05, 4.69) is 39.0 Å². The average molecular weight is 563 g/mol. The summed E-state index contributed by atoms with van der Waals surface area (Å²) < 4.78 is 46.6. The molecule has 2 saturated heterocycles. The molecule has 2 N–H and O–H groups in total. The molecule has 0 aliphatic carbocycles. The van der Waals surface area contributed by atoms with Crippen molar-refractivity contribution in [3.8, 4) is 11.3 Å². The van der Waals surface area contributed by atoms with Crippen LogP contribution in [0.3, 0.4) is 0 Å². The molecule has 1 aromatic heterocycles. The molecule has 2 amide bonds. The van der Waals surface area contributed by atoms with Gasteiger partial charge in [0.1, 0.15) is 6.61 Å². The molecule has 10 nitrogen and oxygen atoms in total. The van der Waals surface area contributed by atoms with E-state index >= 15 is 0 Å². The fourth-order valence-corrected chi connectivity index (χ4v) is 5.39. The number of rotatable bonds is 8. The number of carbonyl (C=O) groups is 2. The molecule has 4 heterocycles. The number of nitrogens with zero attached hydrogens (tertiary/aromatic N) is 4. The topological polar surface area (TPSA) is 109 Å². The lowest BCUT2D eigenvalue weighted by atomic mass is 10.1. The molecule has 2 bridgehead atoms. The van der Waals surface area contributed by atoms with Crippen LogP contribution in [0.2, 0.25) is 0 Å². The minimum absolute atomic E-state index is 0.213. The number of amides is 2. The summed E-state index contributed by atoms with van der Waals surface area (Å²) in [6, 6.07) is 6.60. The summed E-state index contributed by atoms with van der Waals surface area (Å²) in [5.41, 5.74) is 4.39. The van der Waals surface area contributed by atoms with Gasteiger partial charge in [0.2, 0.25) is 5.95 Å². The number of hydrogen-bond donors (Lipinski definition) is 2. The fourth-order valence-electron chi connectivity index (χ4n) is 5.39. The number of nitrogens with one attached hydrogen (secondary N) is 2. The van der Waals surface area contributed by atoms with E-state index in [-0.39, 0.29) is 18.8 Å². The third-order valence-corrected chi connectivity index (χ3v) is 7.05. The first kappa shape index (κ1) is 28.1. The Balaban J connectivity index is 1.27. The maximum Gasteiger partial charge on any atom is 0.490 e. The van der Waals surface area contributed by atoms with E-state index in [1.54, 1.807) is 12.1 Å². The lowest BCUT2D eigenvalue weighted by Gasteiger charge is -2.32. The van der Waals surface area contributed by atoms with Gasteiger partial charge in [-0.3, -0.25) is 4.90 Å². The van der Waals surface area contributed by atoms with Gasteiger partial charge < -0.3 is 25.0 Å². The second-order valence-electron chi connectivity index (χ2n) is 10.8. The lowest BCUT2D eigenvalue weighted by molar-refractivity contribution is -0.199. The average Bonchev–Trinajstić information content (AvgIpc) is 3.46. The van der Waals surface area contributed by atoms with Crippen molar-refractivity contribution in [2.45, 2.75) is 58.2 Å². The highest BCUT2D eigenvalue weighted by molar-refractivity contribution is 5.89. The van der Waals surface area contributed by atoms with E-state index in [9.17, 15) is 22.8 Å². The van der Waals surface area contributed by atoms with Gasteiger partial charge in [-0.05, 0) is 30.9 Å². The molecule has 216 valence electrons. The van der Waals surface area contributed by atoms with Crippen LogP contribution >= 0.6 is 0 Å². The highest BCUT2D eigenvalue weighted by Crippen LogP contribution is 2.35. The zero-order chi connectivity index (χ0) is 28.4. The molecular formula is C27H33F3N6O4. The molecule has 1 aromatic carbocycles. The van der Waals surface area contributed by atoms with Gasteiger partial charge in [-0.15, -0.1) is 0 Å². The van der Waals surface area contributed by atoms with Gasteiger partial charge in [0.05, 0.1) is 30.1 Å². The second-order valence-corrected chi connectivity index (χ2v) is 10.8. The Labute approximate surface area is 230 Å². The van der Waals surface area contributed by atoms with Gasteiger partial charge >= 0.3 is 18.2 Å². The molecule has 3 aliphatic rings. The number of alkyl halides is 3. The SMILES string of the molecule is CC(C)CN1Cc2nc(N3CC4CCC(C3)O4)nc(-c3ccc(NC(=O)NCCOC(=O)C(F)(F)F)cc3)c2C1. The van der Waals surface area contributed by atoms with Crippen molar-refractivity contribution in [3.05, 3.63) is 35.5 Å². The quantitative estimate of drug-likeness (QED) is 0.370. The Morgan fingerprint density at radius 3 is 2.45 bits per heavy atom. The predicted molar refractivity (Wildman–Crippen MR) is 141 cm³/mol. The smallest absolute Gasteiger partial charge is 0.457 e. The minimum atomic E-state index is -5.07. The number of urea groups is 1. The molecule has 2 fully saturated rings. The van der Waals surface area contributed by atoms with Gasteiger partial charge in [0.25, 0.3) is 0 Å². The molecule has 3 aliphatic heterocycles. The Morgan fingerprint density at radius 1 is 1.10 bits per heavy atom. The molecule has 13 heteroatoms. The largest absolute Gasteiger partial charge is 0.490 e. The zero-order valence-corrected chi connectivity index (χ0v) is 22.5. The number of hydrogen-bond acceptors (Lipinski definition) is 8. The van der Waals surface area contributed by atoms with Crippen LogP contribution in [0.5, 0.6) is 0 Å². The van der Waals surface area contributed by atoms with Gasteiger partial charge in [0, 0.05) is 49.5 Å². The first-order valence-corrected chi connectivity index (χ1v) is 13.5. The number of carbonyl (C=O) groups excluding carboxylic acids is 2. The van der Waals surface area contributed by atoms with Crippen LogP contribution in [-0.2, 0) is 27.4 Å². The summed E-state index contributed by atoms with van der Waals surface area (Å²) in [6.45, 7) is 7.57. The van der Waals surface area contributed by atoms with E-state index in [1.807, 2.05) is 12.1 Å². The van der Waals surface area contributed by atoms with Crippen LogP contribution in [0.4, 0.5) is 29.6 Å². The monoisotopic (exact) mass is 562 g/mol. The maximum atomic E-state index is 12.2. The van der Waals surface area contributed by atoms with E-state index < -0.39 is 24.8 Å². The summed E-state index contributed by atoms with van der Waals surface area (Å²) in [6.07, 6.45) is -2.53. The van der Waals surface area contributed by atoms with Crippen LogP contribution in [0, 0.1) is 5.92 Å². The summed E-state index contributed by atoms with van der Waals surface area (Å²) in [5, 5.41) is 4.98. The number of aromatic nitrogens is 2. The summed E-state index contributed by atoms with van der Waals surface area (Å²) >= 11 is 0. The highest BCUT2D eigenvalue weighted by atomic mass is 19.4. The van der Waals surface area contributed by atoms with Crippen molar-refractivity contribution in [2.24, 2.45) is 5.92 Å². The standard InChI is InChI=1S/C27H33F3N6O4/c1-16(2)11-35-14-21-22(15-35)33-25(36-12-19-7-8-20(13-36)40-19)34-23(21)17-3-5-18(6-4-17)32-26(38)31-9-10-39-24(37)27(28,29)30/h3-6,16,19-20H,7-15H2,1-2H3,(H2,31,32,38). The molecule has 40 heavy (non-hydrogen) atoms. The number of ether oxygens (including phenoxy) is 2. The number of fused-ring (bicyclic) bond motifs is 3. The fraction of sp³-hybridized carbons (Fsp3) is 0.556. The van der Waals surface area contributed by atoms with E-state index in [1.165, 1.54) is 0 Å². The number of anilines is 2. The lowest BCUT2D eigenvalue weighted by Crippen LogP contribution is -2.43. The Bertz CT molecular complexity index is 1230. The molecular weight excluding hydrogens is 529 g/mol. The Kier molecular flexibility index (Phi) is 8.13. The zero-order valence-electron chi connectivity index (χ0n) is 22.5. The highest BCUT2D eigenvalue weighted by Gasteiger charge is 2.41. The van der Waals surface area contributed by atoms with Crippen LogP contribution in [0.15, 0.2) is 24.3 Å². The van der Waals surface area contributed by atoms with Gasteiger partial charge in [-0.1, -0.05) is 26.0 Å². The third kappa shape index (κ3) is 6.64. The number of benzene rings is 1. The molecule has 2 atom stereocenters. The van der Waals surface area contributed by atoms with Crippen LogP contribution in [-0.4, -0.2) is 78.0 Å². The number of morpholine rings is 1. The minimum Gasteiger partial charge on any atom is -0.457 e. The van der Waals surface area contributed by atoms with Crippen LogP contribution in [0.25, 0.3) is 11.3 Å². The van der Waals surface area contributed by atoms with Gasteiger partial charge in [-0.2, -0.15) is 13.2 Å². The third-order valence-electron chi connectivity index (χ3n) is 7.05. The molecule has 2 unspecified atom stereocenters. The summed E-state index contributed by atoms with van der Waals surface area (Å²) in [4.78, 5) is 37.5. The van der Waals surface area contributed by atoms with Crippen LogP contribution in [0.1, 0.15) is 37.9 Å². The van der Waals surface area contributed by atoms with Crippen molar-refractivity contribution >= 4 is 23.6 Å². The van der Waals surface area contributed by atoms with Crippen molar-refractivity contribution in [1.82, 2.24) is 20.2 Å². The molecule has 2 aromatic rings. The van der Waals surface area contributed by atoms with Crippen molar-refractivity contribution < 1.29 is 32.2 Å². The second kappa shape index (κ2) is 11.6. The number of halogens is 3. The first-order chi connectivity index (χ1) is 19.0. The Hall–Kier alpha value is -3.45. The van der Waals surface area contributed by atoms with Crippen molar-refractivity contribution in [1.29, 1.82) is 0 Å². The predicted octanol–water partition coefficient (Wildman–Crippen LogP) is 3.71. The molecule has 0 spiro atoms. The molecule has 0 saturated carbocycles. The van der Waals surface area contributed by atoms with E-state index in [4.69, 9.17) is 14.7 Å². The number of esters is 1. The van der Waals surface area contributed by atoms with Gasteiger partial charge in [0.15, 0.2) is 0 Å². The van der Waals surface area contributed by atoms with E-state index in [0.717, 1.165) is 68.1 Å². The molecule has 0 radical (unpaired) electrons.